The number of fused-ring (bicyclic) bond motifs is 5. The topological polar surface area (TPSA) is 104 Å². The Morgan fingerprint density at radius 3 is 2.70 bits per heavy atom. The Labute approximate surface area is 250 Å². The minimum Gasteiger partial charge on any atom is -0.494 e. The van der Waals surface area contributed by atoms with Crippen LogP contribution in [0.4, 0.5) is 0 Å². The van der Waals surface area contributed by atoms with E-state index in [9.17, 15) is 9.59 Å². The number of hydrogen-bond acceptors (Lipinski definition) is 7. The molecule has 2 atom stereocenters. The number of benzene rings is 3. The van der Waals surface area contributed by atoms with E-state index in [1.54, 1.807) is 36.2 Å². The summed E-state index contributed by atoms with van der Waals surface area (Å²) < 4.78 is 25.1. The Morgan fingerprint density at radius 2 is 1.84 bits per heavy atom. The van der Waals surface area contributed by atoms with Crippen LogP contribution in [0.3, 0.4) is 0 Å². The van der Waals surface area contributed by atoms with E-state index in [2.05, 4.69) is 10.4 Å². The van der Waals surface area contributed by atoms with Crippen LogP contribution < -0.4 is 19.5 Å². The number of piperidine rings is 1. The average Bonchev–Trinajstić information content (AvgIpc) is 3.53. The highest BCUT2D eigenvalue weighted by molar-refractivity contribution is 5.94. The van der Waals surface area contributed by atoms with Crippen LogP contribution in [0.1, 0.15) is 34.3 Å². The molecule has 10 heteroatoms. The number of methoxy groups -OCH3 is 2. The van der Waals surface area contributed by atoms with Crippen LogP contribution in [0, 0.1) is 0 Å². The molecule has 3 heterocycles. The van der Waals surface area contributed by atoms with E-state index < -0.39 is 0 Å². The smallest absolute Gasteiger partial charge is 0.257 e. The number of rotatable bonds is 4. The second-order valence-electron chi connectivity index (χ2n) is 10.6. The highest BCUT2D eigenvalue weighted by atomic mass is 16.5. The molecule has 0 aliphatic carbocycles. The predicted octanol–water partition coefficient (Wildman–Crippen LogP) is 4.54. The molecule has 0 saturated carbocycles. The van der Waals surface area contributed by atoms with Gasteiger partial charge in [0.05, 0.1) is 44.7 Å². The van der Waals surface area contributed by atoms with Gasteiger partial charge in [-0.05, 0) is 60.4 Å². The summed E-state index contributed by atoms with van der Waals surface area (Å²) >= 11 is 0. The van der Waals surface area contributed by atoms with Crippen molar-refractivity contribution >= 4 is 11.8 Å². The summed E-state index contributed by atoms with van der Waals surface area (Å²) in [5, 5.41) is 7.57. The molecule has 1 N–H and O–H groups in total. The van der Waals surface area contributed by atoms with E-state index in [4.69, 9.17) is 18.9 Å². The zero-order valence-electron chi connectivity index (χ0n) is 24.2. The summed E-state index contributed by atoms with van der Waals surface area (Å²) in [6.07, 6.45) is 4.38. The third kappa shape index (κ3) is 6.34. The molecule has 2 amide bonds. The number of likely N-dealkylation sites (tertiary alicyclic amines) is 1. The van der Waals surface area contributed by atoms with Gasteiger partial charge in [0.2, 0.25) is 5.91 Å². The Balaban J connectivity index is 1.21. The number of nitrogens with one attached hydrogen (secondary N) is 1. The van der Waals surface area contributed by atoms with Crippen molar-refractivity contribution in [1.29, 1.82) is 0 Å². The van der Waals surface area contributed by atoms with E-state index in [-0.39, 0.29) is 30.4 Å². The van der Waals surface area contributed by atoms with Gasteiger partial charge < -0.3 is 29.2 Å². The van der Waals surface area contributed by atoms with Crippen molar-refractivity contribution in [2.24, 2.45) is 0 Å². The molecular formula is C33H34N4O6. The van der Waals surface area contributed by atoms with Gasteiger partial charge in [0, 0.05) is 25.7 Å². The van der Waals surface area contributed by atoms with Gasteiger partial charge in [0.1, 0.15) is 17.2 Å². The molecule has 2 aliphatic heterocycles. The van der Waals surface area contributed by atoms with Crippen molar-refractivity contribution in [3.63, 3.8) is 0 Å². The van der Waals surface area contributed by atoms with E-state index in [0.717, 1.165) is 16.8 Å². The Morgan fingerprint density at radius 1 is 0.977 bits per heavy atom. The first-order chi connectivity index (χ1) is 21.0. The normalized spacial score (nSPS) is 18.7. The van der Waals surface area contributed by atoms with E-state index >= 15 is 0 Å². The molecule has 4 aromatic rings. The minimum atomic E-state index is -0.370. The molecule has 2 aliphatic rings. The molecule has 4 bridgehead atoms. The third-order valence-corrected chi connectivity index (χ3v) is 7.80. The molecule has 43 heavy (non-hydrogen) atoms. The number of carbonyl (C=O) groups excluding carboxylic acids is 2. The van der Waals surface area contributed by atoms with Gasteiger partial charge in [-0.25, -0.2) is 4.68 Å². The first-order valence-electron chi connectivity index (χ1n) is 14.3. The van der Waals surface area contributed by atoms with Crippen molar-refractivity contribution < 1.29 is 28.5 Å². The summed E-state index contributed by atoms with van der Waals surface area (Å²) in [6.45, 7) is 1.15. The number of amides is 2. The molecule has 1 fully saturated rings. The lowest BCUT2D eigenvalue weighted by Crippen LogP contribution is -2.57. The summed E-state index contributed by atoms with van der Waals surface area (Å²) in [4.78, 5) is 28.5. The first-order valence-corrected chi connectivity index (χ1v) is 14.3. The summed E-state index contributed by atoms with van der Waals surface area (Å²) in [5.74, 6) is 2.27. The summed E-state index contributed by atoms with van der Waals surface area (Å²) in [7, 11) is 3.20. The maximum Gasteiger partial charge on any atom is 0.257 e. The lowest BCUT2D eigenvalue weighted by Gasteiger charge is -2.38. The quantitative estimate of drug-likeness (QED) is 0.377. The molecule has 1 saturated heterocycles. The van der Waals surface area contributed by atoms with Gasteiger partial charge in [-0.1, -0.05) is 30.3 Å². The van der Waals surface area contributed by atoms with Gasteiger partial charge in [0.25, 0.3) is 5.91 Å². The average molecular weight is 583 g/mol. The van der Waals surface area contributed by atoms with E-state index in [0.29, 0.717) is 61.1 Å². The number of carbonyl (C=O) groups is 2. The number of para-hydroxylation sites is 2. The van der Waals surface area contributed by atoms with Gasteiger partial charge in [-0.2, -0.15) is 5.10 Å². The lowest BCUT2D eigenvalue weighted by molar-refractivity contribution is -0.124. The molecule has 1 aromatic heterocycles. The van der Waals surface area contributed by atoms with Crippen LogP contribution in [0.25, 0.3) is 5.69 Å². The van der Waals surface area contributed by atoms with Crippen molar-refractivity contribution in [2.75, 3.05) is 27.3 Å². The monoisotopic (exact) mass is 582 g/mol. The molecule has 0 unspecified atom stereocenters. The Kier molecular flexibility index (Phi) is 8.28. The molecule has 222 valence electrons. The molecule has 0 spiro atoms. The third-order valence-electron chi connectivity index (χ3n) is 7.80. The second kappa shape index (κ2) is 12.6. The van der Waals surface area contributed by atoms with Crippen molar-refractivity contribution in [1.82, 2.24) is 20.0 Å². The zero-order valence-corrected chi connectivity index (χ0v) is 24.2. The van der Waals surface area contributed by atoms with Gasteiger partial charge in [-0.3, -0.25) is 9.59 Å². The molecular weight excluding hydrogens is 548 g/mol. The first kappa shape index (κ1) is 28.3. The molecule has 10 nitrogen and oxygen atoms in total. The maximum absolute atomic E-state index is 13.6. The largest absolute Gasteiger partial charge is 0.494 e. The fraction of sp³-hybridized carbons (Fsp3) is 0.303. The Bertz CT molecular complexity index is 1620. The number of hydrogen-bond donors (Lipinski definition) is 1. The number of nitrogens with zero attached hydrogens (tertiary/aromatic N) is 3. The van der Waals surface area contributed by atoms with E-state index in [1.165, 1.54) is 0 Å². The van der Waals surface area contributed by atoms with Crippen molar-refractivity contribution in [3.05, 3.63) is 95.8 Å². The highest BCUT2D eigenvalue weighted by Crippen LogP contribution is 2.33. The van der Waals surface area contributed by atoms with Crippen LogP contribution in [-0.2, 0) is 22.6 Å². The number of aryl methyl sites for hydroxylation is 1. The summed E-state index contributed by atoms with van der Waals surface area (Å²) in [6, 6.07) is 20.6. The van der Waals surface area contributed by atoms with Gasteiger partial charge in [-0.15, -0.1) is 0 Å². The second-order valence-corrected chi connectivity index (χ2v) is 10.6. The number of ether oxygens (including phenoxy) is 4. The van der Waals surface area contributed by atoms with Crippen LogP contribution >= 0.6 is 0 Å². The standard InChI is InChI=1S/C33H34N4O6/c1-40-29-9-4-3-8-27(29)37-19-24(18-34-37)33(39)36-15-14-28-26(20-36)35-32(38)13-11-22-10-12-30(41-2)31(17-22)43-25-7-5-6-23(16-25)21-42-28/h3-10,12,16-19,26,28H,11,13-15,20-21H2,1-2H3,(H,35,38)/t26-,28+/m0/s1. The fourth-order valence-corrected chi connectivity index (χ4v) is 5.54. The lowest BCUT2D eigenvalue weighted by atomic mass is 10.0. The van der Waals surface area contributed by atoms with Crippen LogP contribution in [0.5, 0.6) is 23.0 Å². The SMILES string of the molecule is COc1ccc2cc1Oc1cccc(c1)CO[C@@H]1CCN(C(=O)c3cnn(-c4ccccc4OC)c3)C[C@@H]1NC(=O)CC2. The van der Waals surface area contributed by atoms with Crippen LogP contribution in [0.2, 0.25) is 0 Å². The molecule has 3 aromatic carbocycles. The maximum atomic E-state index is 13.6. The van der Waals surface area contributed by atoms with Gasteiger partial charge >= 0.3 is 0 Å². The zero-order chi connectivity index (χ0) is 29.8. The Hall–Kier alpha value is -4.83. The minimum absolute atomic E-state index is 0.106. The highest BCUT2D eigenvalue weighted by Gasteiger charge is 2.34. The predicted molar refractivity (Wildman–Crippen MR) is 159 cm³/mol. The van der Waals surface area contributed by atoms with Crippen LogP contribution in [0.15, 0.2) is 79.1 Å². The molecule has 6 rings (SSSR count). The van der Waals surface area contributed by atoms with E-state index in [1.807, 2.05) is 66.7 Å². The van der Waals surface area contributed by atoms with Crippen molar-refractivity contribution in [3.8, 4) is 28.7 Å². The van der Waals surface area contributed by atoms with Gasteiger partial charge in [0.15, 0.2) is 11.5 Å². The molecule has 0 radical (unpaired) electrons. The van der Waals surface area contributed by atoms with Crippen molar-refractivity contribution in [2.45, 2.75) is 38.0 Å². The summed E-state index contributed by atoms with van der Waals surface area (Å²) in [5.41, 5.74) is 3.09. The van der Waals surface area contributed by atoms with Crippen LogP contribution in [-0.4, -0.2) is 65.9 Å². The number of aromatic nitrogens is 2. The fourth-order valence-electron chi connectivity index (χ4n) is 5.54.